The standard InChI is InChI=1S/C19H19FN2O3/c1-12-19(24)22(2)16-10-13(6-7-17(16)25-12)8-9-21-18(23)14-4-3-5-15(20)11-14/h3-7,10-12H,8-9H2,1-2H3,(H,21,23). The number of nitrogens with one attached hydrogen (secondary N) is 1. The van der Waals surface area contributed by atoms with Gasteiger partial charge in [-0.2, -0.15) is 0 Å². The number of halogens is 1. The Hall–Kier alpha value is -2.89. The molecular weight excluding hydrogens is 323 g/mol. The summed E-state index contributed by atoms with van der Waals surface area (Å²) in [6, 6.07) is 11.2. The lowest BCUT2D eigenvalue weighted by molar-refractivity contribution is -0.125. The van der Waals surface area contributed by atoms with Crippen molar-refractivity contribution in [3.8, 4) is 5.75 Å². The zero-order valence-electron chi connectivity index (χ0n) is 14.1. The van der Waals surface area contributed by atoms with Crippen molar-refractivity contribution in [2.75, 3.05) is 18.5 Å². The zero-order chi connectivity index (χ0) is 18.0. The van der Waals surface area contributed by atoms with Gasteiger partial charge in [-0.15, -0.1) is 0 Å². The van der Waals surface area contributed by atoms with E-state index in [1.165, 1.54) is 18.2 Å². The molecular formula is C19H19FN2O3. The molecule has 0 radical (unpaired) electrons. The smallest absolute Gasteiger partial charge is 0.267 e. The average Bonchev–Trinajstić information content (AvgIpc) is 2.60. The fraction of sp³-hybridized carbons (Fsp3) is 0.263. The minimum atomic E-state index is -0.492. The van der Waals surface area contributed by atoms with Gasteiger partial charge < -0.3 is 15.0 Å². The highest BCUT2D eigenvalue weighted by Crippen LogP contribution is 2.33. The summed E-state index contributed by atoms with van der Waals surface area (Å²) in [6.45, 7) is 2.13. The summed E-state index contributed by atoms with van der Waals surface area (Å²) in [5.41, 5.74) is 1.98. The van der Waals surface area contributed by atoms with E-state index in [9.17, 15) is 14.0 Å². The van der Waals surface area contributed by atoms with Crippen molar-refractivity contribution in [2.45, 2.75) is 19.4 Å². The van der Waals surface area contributed by atoms with Crippen molar-refractivity contribution >= 4 is 17.5 Å². The summed E-state index contributed by atoms with van der Waals surface area (Å²) >= 11 is 0. The number of hydrogen-bond donors (Lipinski definition) is 1. The lowest BCUT2D eigenvalue weighted by Gasteiger charge is -2.30. The molecule has 25 heavy (non-hydrogen) atoms. The Morgan fingerprint density at radius 2 is 2.08 bits per heavy atom. The van der Waals surface area contributed by atoms with Gasteiger partial charge in [-0.3, -0.25) is 9.59 Å². The van der Waals surface area contributed by atoms with E-state index in [-0.39, 0.29) is 17.4 Å². The maximum Gasteiger partial charge on any atom is 0.267 e. The molecule has 3 rings (SSSR count). The van der Waals surface area contributed by atoms with Crippen LogP contribution in [0.25, 0.3) is 0 Å². The Bertz CT molecular complexity index is 822. The van der Waals surface area contributed by atoms with E-state index in [0.717, 1.165) is 11.3 Å². The van der Waals surface area contributed by atoms with E-state index in [2.05, 4.69) is 5.32 Å². The number of nitrogens with zero attached hydrogens (tertiary/aromatic N) is 1. The lowest BCUT2D eigenvalue weighted by Crippen LogP contribution is -2.42. The first-order valence-electron chi connectivity index (χ1n) is 8.06. The Morgan fingerprint density at radius 3 is 2.84 bits per heavy atom. The largest absolute Gasteiger partial charge is 0.479 e. The third-order valence-electron chi connectivity index (χ3n) is 4.15. The first kappa shape index (κ1) is 17.0. The molecule has 1 N–H and O–H groups in total. The molecule has 2 aromatic rings. The molecule has 0 fully saturated rings. The van der Waals surface area contributed by atoms with Crippen LogP contribution in [0.4, 0.5) is 10.1 Å². The van der Waals surface area contributed by atoms with E-state index in [4.69, 9.17) is 4.74 Å². The Kier molecular flexibility index (Phi) is 4.70. The van der Waals surface area contributed by atoms with Gasteiger partial charge in [0.05, 0.1) is 5.69 Å². The highest BCUT2D eigenvalue weighted by molar-refractivity contribution is 5.99. The maximum absolute atomic E-state index is 13.1. The topological polar surface area (TPSA) is 58.6 Å². The monoisotopic (exact) mass is 342 g/mol. The number of amides is 2. The number of likely N-dealkylation sites (N-methyl/N-ethyl adjacent to an activating group) is 1. The van der Waals surface area contributed by atoms with Gasteiger partial charge >= 0.3 is 0 Å². The number of ether oxygens (including phenoxy) is 1. The number of benzene rings is 2. The van der Waals surface area contributed by atoms with Gasteiger partial charge in [0, 0.05) is 19.2 Å². The zero-order valence-corrected chi connectivity index (χ0v) is 14.1. The van der Waals surface area contributed by atoms with E-state index in [1.54, 1.807) is 24.9 Å². The van der Waals surface area contributed by atoms with Gasteiger partial charge in [0.25, 0.3) is 11.8 Å². The number of fused-ring (bicyclic) bond motifs is 1. The molecule has 1 atom stereocenters. The number of carbonyl (C=O) groups excluding carboxylic acids is 2. The van der Waals surface area contributed by atoms with E-state index >= 15 is 0 Å². The predicted molar refractivity (Wildman–Crippen MR) is 92.4 cm³/mol. The van der Waals surface area contributed by atoms with E-state index in [1.807, 2.05) is 18.2 Å². The van der Waals surface area contributed by atoms with Gasteiger partial charge in [-0.05, 0) is 49.2 Å². The normalized spacial score (nSPS) is 16.2. The SMILES string of the molecule is CC1Oc2ccc(CCNC(=O)c3cccc(F)c3)cc2N(C)C1=O. The predicted octanol–water partition coefficient (Wildman–Crippen LogP) is 2.54. The molecule has 0 bridgehead atoms. The molecule has 0 aliphatic carbocycles. The minimum absolute atomic E-state index is 0.0935. The van der Waals surface area contributed by atoms with Crippen LogP contribution in [0.1, 0.15) is 22.8 Å². The van der Waals surface area contributed by atoms with E-state index in [0.29, 0.717) is 18.7 Å². The highest BCUT2D eigenvalue weighted by Gasteiger charge is 2.28. The van der Waals surface area contributed by atoms with Crippen molar-refractivity contribution in [1.82, 2.24) is 5.32 Å². The van der Waals surface area contributed by atoms with Crippen molar-refractivity contribution in [3.05, 3.63) is 59.4 Å². The molecule has 1 aliphatic rings. The molecule has 0 saturated carbocycles. The Morgan fingerprint density at radius 1 is 1.28 bits per heavy atom. The van der Waals surface area contributed by atoms with Gasteiger partial charge in [0.15, 0.2) is 6.10 Å². The van der Waals surface area contributed by atoms with Gasteiger partial charge in [-0.1, -0.05) is 12.1 Å². The molecule has 6 heteroatoms. The molecule has 0 aromatic heterocycles. The first-order valence-corrected chi connectivity index (χ1v) is 8.06. The Balaban J connectivity index is 1.63. The summed E-state index contributed by atoms with van der Waals surface area (Å²) in [5, 5.41) is 2.76. The van der Waals surface area contributed by atoms with Crippen molar-refractivity contribution in [3.63, 3.8) is 0 Å². The minimum Gasteiger partial charge on any atom is -0.479 e. The van der Waals surface area contributed by atoms with Crippen LogP contribution in [-0.4, -0.2) is 31.5 Å². The summed E-state index contributed by atoms with van der Waals surface area (Å²) in [5.74, 6) is -0.183. The van der Waals surface area contributed by atoms with Crippen LogP contribution >= 0.6 is 0 Å². The molecule has 2 aromatic carbocycles. The fourth-order valence-electron chi connectivity index (χ4n) is 2.76. The van der Waals surface area contributed by atoms with Gasteiger partial charge in [-0.25, -0.2) is 4.39 Å². The van der Waals surface area contributed by atoms with Crippen LogP contribution in [-0.2, 0) is 11.2 Å². The number of rotatable bonds is 4. The van der Waals surface area contributed by atoms with Crippen LogP contribution in [0.5, 0.6) is 5.75 Å². The molecule has 1 unspecified atom stereocenters. The van der Waals surface area contributed by atoms with Crippen molar-refractivity contribution in [2.24, 2.45) is 0 Å². The summed E-state index contributed by atoms with van der Waals surface area (Å²) in [7, 11) is 1.72. The Labute approximate surface area is 145 Å². The van der Waals surface area contributed by atoms with Crippen molar-refractivity contribution < 1.29 is 18.7 Å². The molecule has 1 aliphatic heterocycles. The van der Waals surface area contributed by atoms with Crippen LogP contribution in [0.15, 0.2) is 42.5 Å². The second-order valence-corrected chi connectivity index (χ2v) is 5.98. The summed E-state index contributed by atoms with van der Waals surface area (Å²) in [6.07, 6.45) is 0.0975. The fourth-order valence-corrected chi connectivity index (χ4v) is 2.76. The number of carbonyl (C=O) groups is 2. The molecule has 130 valence electrons. The van der Waals surface area contributed by atoms with Crippen LogP contribution in [0.2, 0.25) is 0 Å². The second-order valence-electron chi connectivity index (χ2n) is 5.98. The van der Waals surface area contributed by atoms with E-state index < -0.39 is 11.9 Å². The number of hydrogen-bond acceptors (Lipinski definition) is 3. The van der Waals surface area contributed by atoms with Gasteiger partial charge in [0.1, 0.15) is 11.6 Å². The van der Waals surface area contributed by atoms with Gasteiger partial charge in [0.2, 0.25) is 0 Å². The second kappa shape index (κ2) is 6.93. The average molecular weight is 342 g/mol. The van der Waals surface area contributed by atoms with Crippen LogP contribution < -0.4 is 15.0 Å². The first-order chi connectivity index (χ1) is 12.0. The quantitative estimate of drug-likeness (QED) is 0.929. The highest BCUT2D eigenvalue weighted by atomic mass is 19.1. The van der Waals surface area contributed by atoms with Crippen molar-refractivity contribution in [1.29, 1.82) is 0 Å². The maximum atomic E-state index is 13.1. The molecule has 5 nitrogen and oxygen atoms in total. The molecule has 2 amide bonds. The molecule has 1 heterocycles. The molecule has 0 saturated heterocycles. The van der Waals surface area contributed by atoms with Crippen LogP contribution in [0.3, 0.4) is 0 Å². The third-order valence-corrected chi connectivity index (χ3v) is 4.15. The lowest BCUT2D eigenvalue weighted by atomic mass is 10.1. The number of anilines is 1. The third kappa shape index (κ3) is 3.63. The van der Waals surface area contributed by atoms with Crippen LogP contribution in [0, 0.1) is 5.82 Å². The summed E-state index contributed by atoms with van der Waals surface area (Å²) in [4.78, 5) is 25.6. The summed E-state index contributed by atoms with van der Waals surface area (Å²) < 4.78 is 18.7. The molecule has 0 spiro atoms.